The highest BCUT2D eigenvalue weighted by Gasteiger charge is 2.27. The number of hydrogen-bond donors (Lipinski definition) is 1. The first kappa shape index (κ1) is 13.2. The number of thiocarbonyl (C=S) groups is 1. The lowest BCUT2D eigenvalue weighted by Gasteiger charge is -2.32. The fourth-order valence-corrected chi connectivity index (χ4v) is 2.35. The van der Waals surface area contributed by atoms with Gasteiger partial charge in [-0.15, -0.1) is 5.10 Å². The number of hydrogen-bond acceptors (Lipinski definition) is 5. The van der Waals surface area contributed by atoms with Gasteiger partial charge >= 0.3 is 0 Å². The van der Waals surface area contributed by atoms with E-state index < -0.39 is 0 Å². The lowest BCUT2D eigenvalue weighted by molar-refractivity contribution is -0.0731. The predicted molar refractivity (Wildman–Crippen MR) is 71.6 cm³/mol. The van der Waals surface area contributed by atoms with Crippen molar-refractivity contribution in [3.05, 3.63) is 17.8 Å². The lowest BCUT2D eigenvalue weighted by atomic mass is 10.0. The topological polar surface area (TPSA) is 70.3 Å². The predicted octanol–water partition coefficient (Wildman–Crippen LogP) is 1.45. The molecule has 5 nitrogen and oxygen atoms in total. The highest BCUT2D eigenvalue weighted by atomic mass is 32.1. The fraction of sp³-hybridized carbons (Fsp3) is 0.583. The molecule has 0 amide bonds. The molecule has 1 aromatic heterocycles. The zero-order valence-corrected chi connectivity index (χ0v) is 11.3. The first-order chi connectivity index (χ1) is 8.56. The monoisotopic (exact) mass is 267 g/mol. The normalized spacial score (nSPS) is 27.8. The molecule has 0 radical (unpaired) electrons. The smallest absolute Gasteiger partial charge is 0.244 e. The average molecular weight is 267 g/mol. The van der Waals surface area contributed by atoms with Crippen LogP contribution in [0.5, 0.6) is 5.88 Å². The molecule has 1 aliphatic heterocycles. The zero-order chi connectivity index (χ0) is 13.1. The molecule has 0 spiro atoms. The SMILES string of the molecule is CC1CC(Oc2nnccc2C(N)=S)CC(C)O1. The van der Waals surface area contributed by atoms with Gasteiger partial charge in [-0.1, -0.05) is 12.2 Å². The second-order valence-corrected chi connectivity index (χ2v) is 5.02. The Bertz CT molecular complexity index is 431. The van der Waals surface area contributed by atoms with E-state index in [0.29, 0.717) is 11.4 Å². The molecule has 1 aromatic rings. The van der Waals surface area contributed by atoms with Crippen LogP contribution in [0.4, 0.5) is 0 Å². The number of rotatable bonds is 3. The number of ether oxygens (including phenoxy) is 2. The maximum atomic E-state index is 5.87. The van der Waals surface area contributed by atoms with Gasteiger partial charge in [0.2, 0.25) is 5.88 Å². The van der Waals surface area contributed by atoms with E-state index in [1.165, 1.54) is 0 Å². The molecule has 2 heterocycles. The summed E-state index contributed by atoms with van der Waals surface area (Å²) >= 11 is 4.97. The van der Waals surface area contributed by atoms with Crippen LogP contribution in [0.15, 0.2) is 12.3 Å². The Kier molecular flexibility index (Phi) is 4.08. The lowest BCUT2D eigenvalue weighted by Crippen LogP contribution is -2.36. The summed E-state index contributed by atoms with van der Waals surface area (Å²) in [6.45, 7) is 4.08. The quantitative estimate of drug-likeness (QED) is 0.836. The average Bonchev–Trinajstić information content (AvgIpc) is 2.27. The highest BCUT2D eigenvalue weighted by molar-refractivity contribution is 7.80. The van der Waals surface area contributed by atoms with Crippen molar-refractivity contribution in [1.29, 1.82) is 0 Å². The molecule has 1 fully saturated rings. The fourth-order valence-electron chi connectivity index (χ4n) is 2.19. The van der Waals surface area contributed by atoms with Crippen LogP contribution in [-0.4, -0.2) is 33.5 Å². The Labute approximate surface area is 112 Å². The van der Waals surface area contributed by atoms with Gasteiger partial charge in [-0.25, -0.2) is 0 Å². The number of nitrogens with two attached hydrogens (primary N) is 1. The van der Waals surface area contributed by atoms with Crippen molar-refractivity contribution in [2.75, 3.05) is 0 Å². The van der Waals surface area contributed by atoms with Crippen molar-refractivity contribution in [2.45, 2.75) is 45.0 Å². The van der Waals surface area contributed by atoms with Gasteiger partial charge in [-0.05, 0) is 19.9 Å². The van der Waals surface area contributed by atoms with E-state index in [2.05, 4.69) is 10.2 Å². The molecule has 1 aliphatic rings. The molecule has 2 unspecified atom stereocenters. The summed E-state index contributed by atoms with van der Waals surface area (Å²) in [5, 5.41) is 7.77. The zero-order valence-electron chi connectivity index (χ0n) is 10.5. The molecule has 2 N–H and O–H groups in total. The summed E-state index contributed by atoms with van der Waals surface area (Å²) in [4.78, 5) is 0.271. The van der Waals surface area contributed by atoms with Gasteiger partial charge in [-0.3, -0.25) is 0 Å². The molecule has 6 heteroatoms. The van der Waals surface area contributed by atoms with Crippen molar-refractivity contribution < 1.29 is 9.47 Å². The maximum absolute atomic E-state index is 5.87. The third kappa shape index (κ3) is 3.14. The van der Waals surface area contributed by atoms with E-state index in [1.807, 2.05) is 13.8 Å². The second-order valence-electron chi connectivity index (χ2n) is 4.58. The van der Waals surface area contributed by atoms with Gasteiger partial charge in [0.1, 0.15) is 11.1 Å². The Morgan fingerprint density at radius 3 is 2.72 bits per heavy atom. The Balaban J connectivity index is 2.11. The minimum atomic E-state index is 0.0635. The molecule has 0 bridgehead atoms. The van der Waals surface area contributed by atoms with E-state index in [9.17, 15) is 0 Å². The third-order valence-corrected chi connectivity index (χ3v) is 3.10. The van der Waals surface area contributed by atoms with Gasteiger partial charge in [-0.2, -0.15) is 5.10 Å². The molecule has 2 rings (SSSR count). The van der Waals surface area contributed by atoms with E-state index in [1.54, 1.807) is 12.3 Å². The van der Waals surface area contributed by atoms with Gasteiger partial charge in [0.05, 0.1) is 24.0 Å². The molecule has 0 aromatic carbocycles. The number of nitrogens with zero attached hydrogens (tertiary/aromatic N) is 2. The first-order valence-corrected chi connectivity index (χ1v) is 6.40. The van der Waals surface area contributed by atoms with Crippen molar-refractivity contribution in [2.24, 2.45) is 5.73 Å². The minimum Gasteiger partial charge on any atom is -0.473 e. The van der Waals surface area contributed by atoms with E-state index in [-0.39, 0.29) is 23.3 Å². The van der Waals surface area contributed by atoms with Crippen LogP contribution >= 0.6 is 12.2 Å². The standard InChI is InChI=1S/C12H17N3O2S/c1-7-5-9(6-8(2)16-7)17-12-10(11(13)18)3-4-14-15-12/h3-4,7-9H,5-6H2,1-2H3,(H2,13,18). The Hall–Kier alpha value is -1.27. The van der Waals surface area contributed by atoms with Crippen LogP contribution in [0.3, 0.4) is 0 Å². The van der Waals surface area contributed by atoms with Crippen molar-refractivity contribution in [3.63, 3.8) is 0 Å². The summed E-state index contributed by atoms with van der Waals surface area (Å²) < 4.78 is 11.5. The van der Waals surface area contributed by atoms with Crippen LogP contribution in [0, 0.1) is 0 Å². The van der Waals surface area contributed by atoms with Gasteiger partial charge < -0.3 is 15.2 Å². The van der Waals surface area contributed by atoms with Crippen molar-refractivity contribution in [3.8, 4) is 5.88 Å². The minimum absolute atomic E-state index is 0.0635. The van der Waals surface area contributed by atoms with Gasteiger partial charge in [0.15, 0.2) is 0 Å². The summed E-state index contributed by atoms with van der Waals surface area (Å²) in [6.07, 6.45) is 3.65. The third-order valence-electron chi connectivity index (χ3n) is 2.88. The largest absolute Gasteiger partial charge is 0.473 e. The molecule has 1 saturated heterocycles. The van der Waals surface area contributed by atoms with Crippen LogP contribution in [-0.2, 0) is 4.74 Å². The van der Waals surface area contributed by atoms with E-state index in [0.717, 1.165) is 12.8 Å². The van der Waals surface area contributed by atoms with E-state index in [4.69, 9.17) is 27.4 Å². The Morgan fingerprint density at radius 1 is 1.44 bits per heavy atom. The molecule has 0 saturated carbocycles. The molecule has 98 valence electrons. The molecular weight excluding hydrogens is 250 g/mol. The summed E-state index contributed by atoms with van der Waals surface area (Å²) in [6, 6.07) is 1.72. The summed E-state index contributed by atoms with van der Waals surface area (Å²) in [5.41, 5.74) is 6.26. The highest BCUT2D eigenvalue weighted by Crippen LogP contribution is 2.24. The Morgan fingerprint density at radius 2 is 2.11 bits per heavy atom. The van der Waals surface area contributed by atoms with E-state index >= 15 is 0 Å². The molecule has 0 aliphatic carbocycles. The maximum Gasteiger partial charge on any atom is 0.244 e. The van der Waals surface area contributed by atoms with Gasteiger partial charge in [0.25, 0.3) is 0 Å². The van der Waals surface area contributed by atoms with Crippen LogP contribution < -0.4 is 10.5 Å². The number of aromatic nitrogens is 2. The van der Waals surface area contributed by atoms with Crippen LogP contribution in [0.2, 0.25) is 0 Å². The van der Waals surface area contributed by atoms with Gasteiger partial charge in [0, 0.05) is 12.8 Å². The molecule has 18 heavy (non-hydrogen) atoms. The van der Waals surface area contributed by atoms with Crippen molar-refractivity contribution in [1.82, 2.24) is 10.2 Å². The first-order valence-electron chi connectivity index (χ1n) is 6.00. The summed E-state index contributed by atoms with van der Waals surface area (Å²) in [7, 11) is 0. The molecular formula is C12H17N3O2S. The summed E-state index contributed by atoms with van der Waals surface area (Å²) in [5.74, 6) is 0.413. The van der Waals surface area contributed by atoms with Crippen molar-refractivity contribution >= 4 is 17.2 Å². The second kappa shape index (κ2) is 5.58. The van der Waals surface area contributed by atoms with Crippen LogP contribution in [0.1, 0.15) is 32.3 Å². The van der Waals surface area contributed by atoms with Crippen LogP contribution in [0.25, 0.3) is 0 Å². The molecule has 2 atom stereocenters.